The van der Waals surface area contributed by atoms with Gasteiger partial charge in [0.05, 0.1) is 6.04 Å². The molecule has 0 bridgehead atoms. The van der Waals surface area contributed by atoms with Gasteiger partial charge in [0.15, 0.2) is 0 Å². The van der Waals surface area contributed by atoms with Crippen molar-refractivity contribution in [3.63, 3.8) is 0 Å². The molecule has 0 fully saturated rings. The van der Waals surface area contributed by atoms with E-state index in [9.17, 15) is 4.79 Å². The molecular formula is C14H16N2O. The topological polar surface area (TPSA) is 34.0 Å². The molecular weight excluding hydrogens is 212 g/mol. The Morgan fingerprint density at radius 1 is 1.18 bits per heavy atom. The monoisotopic (exact) mass is 228 g/mol. The van der Waals surface area contributed by atoms with E-state index in [-0.39, 0.29) is 11.9 Å². The van der Waals surface area contributed by atoms with Gasteiger partial charge in [-0.15, -0.1) is 0 Å². The molecule has 2 rings (SSSR count). The van der Waals surface area contributed by atoms with Gasteiger partial charge in [0, 0.05) is 25.0 Å². The fourth-order valence-corrected chi connectivity index (χ4v) is 1.83. The van der Waals surface area contributed by atoms with E-state index in [1.54, 1.807) is 0 Å². The van der Waals surface area contributed by atoms with E-state index in [0.29, 0.717) is 0 Å². The Hall–Kier alpha value is -2.03. The lowest BCUT2D eigenvalue weighted by Gasteiger charge is -2.13. The highest BCUT2D eigenvalue weighted by Gasteiger charge is 2.06. The van der Waals surface area contributed by atoms with Crippen LogP contribution in [0.1, 0.15) is 25.5 Å². The van der Waals surface area contributed by atoms with Gasteiger partial charge in [-0.25, -0.2) is 0 Å². The summed E-state index contributed by atoms with van der Waals surface area (Å²) in [5, 5.41) is 2.87. The van der Waals surface area contributed by atoms with Crippen molar-refractivity contribution in [3.05, 3.63) is 54.4 Å². The number of hydrogen-bond donors (Lipinski definition) is 1. The largest absolute Gasteiger partial charge is 0.350 e. The second kappa shape index (κ2) is 4.87. The summed E-state index contributed by atoms with van der Waals surface area (Å²) in [6, 6.07) is 12.2. The van der Waals surface area contributed by atoms with Crippen molar-refractivity contribution in [2.75, 3.05) is 0 Å². The van der Waals surface area contributed by atoms with E-state index in [1.165, 1.54) is 6.92 Å². The normalized spacial score (nSPS) is 12.1. The zero-order chi connectivity index (χ0) is 12.3. The van der Waals surface area contributed by atoms with Crippen molar-refractivity contribution in [2.24, 2.45) is 0 Å². The van der Waals surface area contributed by atoms with Crippen molar-refractivity contribution >= 4 is 5.91 Å². The third-order valence-corrected chi connectivity index (χ3v) is 2.72. The summed E-state index contributed by atoms with van der Waals surface area (Å²) in [4.78, 5) is 11.0. The third kappa shape index (κ3) is 2.75. The van der Waals surface area contributed by atoms with Crippen LogP contribution in [0.3, 0.4) is 0 Å². The summed E-state index contributed by atoms with van der Waals surface area (Å²) in [6.45, 7) is 3.51. The average molecular weight is 228 g/mol. The summed E-state index contributed by atoms with van der Waals surface area (Å²) in [7, 11) is 0. The predicted molar refractivity (Wildman–Crippen MR) is 68.0 cm³/mol. The smallest absolute Gasteiger partial charge is 0.217 e. The lowest BCUT2D eigenvalue weighted by Crippen LogP contribution is -2.23. The first-order valence-corrected chi connectivity index (χ1v) is 5.67. The maximum Gasteiger partial charge on any atom is 0.217 e. The van der Waals surface area contributed by atoms with Gasteiger partial charge in [0.1, 0.15) is 0 Å². The van der Waals surface area contributed by atoms with Crippen molar-refractivity contribution in [3.8, 4) is 5.69 Å². The summed E-state index contributed by atoms with van der Waals surface area (Å²) in [6.07, 6.45) is 4.01. The molecule has 0 saturated heterocycles. The Morgan fingerprint density at radius 3 is 2.29 bits per heavy atom. The number of benzene rings is 1. The van der Waals surface area contributed by atoms with Gasteiger partial charge in [-0.3, -0.25) is 4.79 Å². The zero-order valence-electron chi connectivity index (χ0n) is 10.1. The van der Waals surface area contributed by atoms with Crippen LogP contribution in [0, 0.1) is 0 Å². The number of carbonyl (C=O) groups excluding carboxylic acids is 1. The molecule has 0 spiro atoms. The van der Waals surface area contributed by atoms with Crippen molar-refractivity contribution in [2.45, 2.75) is 19.9 Å². The molecule has 1 heterocycles. The van der Waals surface area contributed by atoms with Crippen LogP contribution in [-0.4, -0.2) is 10.5 Å². The minimum Gasteiger partial charge on any atom is -0.350 e. The zero-order valence-corrected chi connectivity index (χ0v) is 10.1. The lowest BCUT2D eigenvalue weighted by molar-refractivity contribution is -0.119. The Balaban J connectivity index is 2.15. The SMILES string of the molecule is CC(=O)N[C@@H](C)c1ccc(-n2cccc2)cc1. The van der Waals surface area contributed by atoms with E-state index in [2.05, 4.69) is 5.32 Å². The van der Waals surface area contributed by atoms with E-state index >= 15 is 0 Å². The Bertz CT molecular complexity index is 485. The summed E-state index contributed by atoms with van der Waals surface area (Å²) < 4.78 is 2.05. The van der Waals surface area contributed by atoms with E-state index in [1.807, 2.05) is 60.3 Å². The van der Waals surface area contributed by atoms with Gasteiger partial charge < -0.3 is 9.88 Å². The van der Waals surface area contributed by atoms with E-state index in [0.717, 1.165) is 11.3 Å². The minimum atomic E-state index is -0.00742. The first kappa shape index (κ1) is 11.5. The highest BCUT2D eigenvalue weighted by molar-refractivity contribution is 5.73. The Labute approximate surface area is 101 Å². The van der Waals surface area contributed by atoms with Crippen LogP contribution in [0.15, 0.2) is 48.8 Å². The molecule has 0 aliphatic rings. The number of amides is 1. The second-order valence-corrected chi connectivity index (χ2v) is 4.10. The number of nitrogens with one attached hydrogen (secondary N) is 1. The molecule has 3 nitrogen and oxygen atoms in total. The van der Waals surface area contributed by atoms with Crippen molar-refractivity contribution in [1.82, 2.24) is 9.88 Å². The number of hydrogen-bond acceptors (Lipinski definition) is 1. The Morgan fingerprint density at radius 2 is 1.76 bits per heavy atom. The molecule has 0 radical (unpaired) electrons. The third-order valence-electron chi connectivity index (χ3n) is 2.72. The molecule has 17 heavy (non-hydrogen) atoms. The fraction of sp³-hybridized carbons (Fsp3) is 0.214. The van der Waals surface area contributed by atoms with Crippen molar-refractivity contribution in [1.29, 1.82) is 0 Å². The maximum absolute atomic E-state index is 11.0. The van der Waals surface area contributed by atoms with Gasteiger partial charge >= 0.3 is 0 Å². The van der Waals surface area contributed by atoms with Gasteiger partial charge in [0.2, 0.25) is 5.91 Å². The Kier molecular flexibility index (Phi) is 3.28. The molecule has 1 aromatic heterocycles. The first-order chi connectivity index (χ1) is 8.16. The average Bonchev–Trinajstić information content (AvgIpc) is 2.82. The number of rotatable bonds is 3. The predicted octanol–water partition coefficient (Wildman–Crippen LogP) is 2.67. The molecule has 1 amide bonds. The van der Waals surface area contributed by atoms with Crippen molar-refractivity contribution < 1.29 is 4.79 Å². The minimum absolute atomic E-state index is 0.00742. The highest BCUT2D eigenvalue weighted by atomic mass is 16.1. The van der Waals surface area contributed by atoms with Crippen LogP contribution in [0.25, 0.3) is 5.69 Å². The molecule has 0 unspecified atom stereocenters. The van der Waals surface area contributed by atoms with Crippen LogP contribution in [-0.2, 0) is 4.79 Å². The highest BCUT2D eigenvalue weighted by Crippen LogP contribution is 2.15. The molecule has 1 atom stereocenters. The van der Waals surface area contributed by atoms with Gasteiger partial charge in [0.25, 0.3) is 0 Å². The number of aromatic nitrogens is 1. The molecule has 2 aromatic rings. The van der Waals surface area contributed by atoms with E-state index in [4.69, 9.17) is 0 Å². The standard InChI is InChI=1S/C14H16N2O/c1-11(15-12(2)17)13-5-7-14(8-6-13)16-9-3-4-10-16/h3-11H,1-2H3,(H,15,17)/t11-/m0/s1. The molecule has 3 heteroatoms. The summed E-state index contributed by atoms with van der Waals surface area (Å²) in [5.74, 6) is -0.00742. The fourth-order valence-electron chi connectivity index (χ4n) is 1.83. The van der Waals surface area contributed by atoms with Crippen LogP contribution in [0.4, 0.5) is 0 Å². The van der Waals surface area contributed by atoms with Crippen LogP contribution in [0.2, 0.25) is 0 Å². The van der Waals surface area contributed by atoms with Crippen LogP contribution < -0.4 is 5.32 Å². The number of carbonyl (C=O) groups is 1. The van der Waals surface area contributed by atoms with Gasteiger partial charge in [-0.2, -0.15) is 0 Å². The first-order valence-electron chi connectivity index (χ1n) is 5.67. The molecule has 0 aliphatic carbocycles. The van der Waals surface area contributed by atoms with Gasteiger partial charge in [-0.05, 0) is 36.8 Å². The molecule has 0 aliphatic heterocycles. The summed E-state index contributed by atoms with van der Waals surface area (Å²) >= 11 is 0. The van der Waals surface area contributed by atoms with Gasteiger partial charge in [-0.1, -0.05) is 12.1 Å². The molecule has 88 valence electrons. The number of nitrogens with zero attached hydrogens (tertiary/aromatic N) is 1. The quantitative estimate of drug-likeness (QED) is 0.861. The second-order valence-electron chi connectivity index (χ2n) is 4.10. The van der Waals surface area contributed by atoms with E-state index < -0.39 is 0 Å². The molecule has 1 N–H and O–H groups in total. The van der Waals surface area contributed by atoms with Crippen LogP contribution >= 0.6 is 0 Å². The molecule has 1 aromatic carbocycles. The van der Waals surface area contributed by atoms with Crippen LogP contribution in [0.5, 0.6) is 0 Å². The molecule has 0 saturated carbocycles. The maximum atomic E-state index is 11.0. The summed E-state index contributed by atoms with van der Waals surface area (Å²) in [5.41, 5.74) is 2.23. The lowest BCUT2D eigenvalue weighted by atomic mass is 10.1.